The van der Waals surface area contributed by atoms with Crippen molar-refractivity contribution in [2.24, 2.45) is 0 Å². The molecule has 2 aromatic rings. The number of aryl methyl sites for hydroxylation is 1. The maximum atomic E-state index is 6.13. The standard InChI is InChI=1S/C20H26ClNO2/c1-3-23-11-5-10-22-14-18-13-19(21)8-9-20(18)24-15-17-7-4-6-16(2)12-17/h4,6-9,12-13,22H,3,5,10-11,14-15H2,1-2H3. The molecule has 0 bridgehead atoms. The lowest BCUT2D eigenvalue weighted by Gasteiger charge is -2.13. The lowest BCUT2D eigenvalue weighted by Crippen LogP contribution is -2.17. The molecule has 2 rings (SSSR count). The summed E-state index contributed by atoms with van der Waals surface area (Å²) in [5, 5.41) is 4.14. The van der Waals surface area contributed by atoms with E-state index in [1.54, 1.807) is 0 Å². The first-order valence-electron chi connectivity index (χ1n) is 8.44. The van der Waals surface area contributed by atoms with Gasteiger partial charge in [-0.3, -0.25) is 0 Å². The number of hydrogen-bond acceptors (Lipinski definition) is 3. The van der Waals surface area contributed by atoms with Gasteiger partial charge in [0.05, 0.1) is 0 Å². The van der Waals surface area contributed by atoms with E-state index in [0.717, 1.165) is 49.1 Å². The number of ether oxygens (including phenoxy) is 2. The zero-order valence-electron chi connectivity index (χ0n) is 14.5. The maximum Gasteiger partial charge on any atom is 0.124 e. The summed E-state index contributed by atoms with van der Waals surface area (Å²) in [4.78, 5) is 0. The van der Waals surface area contributed by atoms with Gasteiger partial charge >= 0.3 is 0 Å². The lowest BCUT2D eigenvalue weighted by atomic mass is 10.1. The molecule has 0 heterocycles. The van der Waals surface area contributed by atoms with Crippen LogP contribution in [0.1, 0.15) is 30.0 Å². The molecular weight excluding hydrogens is 322 g/mol. The average molecular weight is 348 g/mol. The Bertz CT molecular complexity index is 631. The number of halogens is 1. The summed E-state index contributed by atoms with van der Waals surface area (Å²) in [6.45, 7) is 7.85. The second-order valence-corrected chi connectivity index (χ2v) is 6.19. The highest BCUT2D eigenvalue weighted by molar-refractivity contribution is 6.30. The van der Waals surface area contributed by atoms with Gasteiger partial charge in [-0.25, -0.2) is 0 Å². The molecule has 0 fully saturated rings. The Morgan fingerprint density at radius 3 is 2.79 bits per heavy atom. The first kappa shape index (κ1) is 18.8. The topological polar surface area (TPSA) is 30.5 Å². The van der Waals surface area contributed by atoms with Gasteiger partial charge in [0.15, 0.2) is 0 Å². The molecule has 0 radical (unpaired) electrons. The number of nitrogens with one attached hydrogen (secondary N) is 1. The molecule has 0 unspecified atom stereocenters. The fraction of sp³-hybridized carbons (Fsp3) is 0.400. The molecule has 0 saturated carbocycles. The summed E-state index contributed by atoms with van der Waals surface area (Å²) in [7, 11) is 0. The van der Waals surface area contributed by atoms with Gasteiger partial charge < -0.3 is 14.8 Å². The second-order valence-electron chi connectivity index (χ2n) is 5.76. The molecule has 0 aliphatic heterocycles. The summed E-state index contributed by atoms with van der Waals surface area (Å²) < 4.78 is 11.3. The monoisotopic (exact) mass is 347 g/mol. The van der Waals surface area contributed by atoms with Crippen LogP contribution < -0.4 is 10.1 Å². The van der Waals surface area contributed by atoms with E-state index in [0.29, 0.717) is 6.61 Å². The van der Waals surface area contributed by atoms with Crippen LogP contribution in [0.15, 0.2) is 42.5 Å². The van der Waals surface area contributed by atoms with Crippen molar-refractivity contribution >= 4 is 11.6 Å². The fourth-order valence-corrected chi connectivity index (χ4v) is 2.65. The minimum atomic E-state index is 0.556. The van der Waals surface area contributed by atoms with Crippen molar-refractivity contribution in [2.75, 3.05) is 19.8 Å². The van der Waals surface area contributed by atoms with Gasteiger partial charge in [0.1, 0.15) is 12.4 Å². The third kappa shape index (κ3) is 6.52. The highest BCUT2D eigenvalue weighted by Gasteiger charge is 2.05. The van der Waals surface area contributed by atoms with E-state index in [1.807, 2.05) is 25.1 Å². The first-order chi connectivity index (χ1) is 11.7. The number of rotatable bonds is 10. The molecule has 0 spiro atoms. The highest BCUT2D eigenvalue weighted by Crippen LogP contribution is 2.24. The first-order valence-corrected chi connectivity index (χ1v) is 8.82. The molecular formula is C20H26ClNO2. The Labute approximate surface area is 149 Å². The molecule has 0 aromatic heterocycles. The summed E-state index contributed by atoms with van der Waals surface area (Å²) in [6.07, 6.45) is 0.994. The van der Waals surface area contributed by atoms with Crippen LogP contribution in [0.25, 0.3) is 0 Å². The van der Waals surface area contributed by atoms with E-state index in [-0.39, 0.29) is 0 Å². The van der Waals surface area contributed by atoms with Gasteiger partial charge in [0.25, 0.3) is 0 Å². The number of benzene rings is 2. The van der Waals surface area contributed by atoms with E-state index in [9.17, 15) is 0 Å². The van der Waals surface area contributed by atoms with Gasteiger partial charge in [-0.05, 0) is 50.6 Å². The summed E-state index contributed by atoms with van der Waals surface area (Å²) in [5.41, 5.74) is 3.48. The van der Waals surface area contributed by atoms with Crippen molar-refractivity contribution in [1.29, 1.82) is 0 Å². The summed E-state index contributed by atoms with van der Waals surface area (Å²) >= 11 is 6.13. The van der Waals surface area contributed by atoms with Crippen molar-refractivity contribution in [3.8, 4) is 5.75 Å². The van der Waals surface area contributed by atoms with E-state index in [4.69, 9.17) is 21.1 Å². The van der Waals surface area contributed by atoms with Crippen molar-refractivity contribution < 1.29 is 9.47 Å². The van der Waals surface area contributed by atoms with E-state index in [2.05, 4.69) is 36.5 Å². The Hall–Kier alpha value is -1.55. The van der Waals surface area contributed by atoms with Gasteiger partial charge in [0, 0.05) is 30.3 Å². The van der Waals surface area contributed by atoms with Crippen LogP contribution in [0, 0.1) is 6.92 Å². The Balaban J connectivity index is 1.89. The summed E-state index contributed by atoms with van der Waals surface area (Å²) in [6, 6.07) is 14.1. The molecule has 24 heavy (non-hydrogen) atoms. The van der Waals surface area contributed by atoms with Crippen LogP contribution in [0.2, 0.25) is 5.02 Å². The molecule has 4 heteroatoms. The van der Waals surface area contributed by atoms with E-state index in [1.165, 1.54) is 11.1 Å². The van der Waals surface area contributed by atoms with Gasteiger partial charge in [0.2, 0.25) is 0 Å². The third-order valence-electron chi connectivity index (χ3n) is 3.66. The molecule has 0 aliphatic rings. The van der Waals surface area contributed by atoms with Gasteiger partial charge in [-0.2, -0.15) is 0 Å². The van der Waals surface area contributed by atoms with E-state index >= 15 is 0 Å². The Morgan fingerprint density at radius 2 is 2.00 bits per heavy atom. The minimum Gasteiger partial charge on any atom is -0.489 e. The molecule has 0 saturated heterocycles. The van der Waals surface area contributed by atoms with Crippen molar-refractivity contribution in [3.63, 3.8) is 0 Å². The van der Waals surface area contributed by atoms with Crippen molar-refractivity contribution in [2.45, 2.75) is 33.4 Å². The van der Waals surface area contributed by atoms with Crippen molar-refractivity contribution in [1.82, 2.24) is 5.32 Å². The average Bonchev–Trinajstić information content (AvgIpc) is 2.57. The smallest absolute Gasteiger partial charge is 0.124 e. The third-order valence-corrected chi connectivity index (χ3v) is 3.90. The van der Waals surface area contributed by atoms with Crippen LogP contribution in [0.3, 0.4) is 0 Å². The molecule has 1 N–H and O–H groups in total. The number of hydrogen-bond donors (Lipinski definition) is 1. The second kappa shape index (κ2) is 10.3. The normalized spacial score (nSPS) is 10.8. The molecule has 0 amide bonds. The Kier molecular flexibility index (Phi) is 8.10. The van der Waals surface area contributed by atoms with Crippen molar-refractivity contribution in [3.05, 3.63) is 64.2 Å². The molecule has 0 atom stereocenters. The van der Waals surface area contributed by atoms with Crippen LogP contribution in [0.4, 0.5) is 0 Å². The Morgan fingerprint density at radius 1 is 1.12 bits per heavy atom. The van der Waals surface area contributed by atoms with Crippen LogP contribution >= 0.6 is 11.6 Å². The molecule has 3 nitrogen and oxygen atoms in total. The molecule has 130 valence electrons. The fourth-order valence-electron chi connectivity index (χ4n) is 2.46. The SMILES string of the molecule is CCOCCCNCc1cc(Cl)ccc1OCc1cccc(C)c1. The van der Waals surface area contributed by atoms with E-state index < -0.39 is 0 Å². The zero-order valence-corrected chi connectivity index (χ0v) is 15.2. The quantitative estimate of drug-likeness (QED) is 0.629. The van der Waals surface area contributed by atoms with Gasteiger partial charge in [-0.1, -0.05) is 41.4 Å². The van der Waals surface area contributed by atoms with Gasteiger partial charge in [-0.15, -0.1) is 0 Å². The van der Waals surface area contributed by atoms with Crippen LogP contribution in [-0.4, -0.2) is 19.8 Å². The van der Waals surface area contributed by atoms with Crippen LogP contribution in [-0.2, 0) is 17.9 Å². The highest BCUT2D eigenvalue weighted by atomic mass is 35.5. The zero-order chi connectivity index (χ0) is 17.2. The predicted molar refractivity (Wildman–Crippen MR) is 99.8 cm³/mol. The molecule has 0 aliphatic carbocycles. The van der Waals surface area contributed by atoms with Crippen LogP contribution in [0.5, 0.6) is 5.75 Å². The summed E-state index contributed by atoms with van der Waals surface area (Å²) in [5.74, 6) is 0.873. The largest absolute Gasteiger partial charge is 0.489 e. The lowest BCUT2D eigenvalue weighted by molar-refractivity contribution is 0.144. The predicted octanol–water partition coefficient (Wildman–Crippen LogP) is 4.74. The molecule has 2 aromatic carbocycles. The minimum absolute atomic E-state index is 0.556. The maximum absolute atomic E-state index is 6.13.